The van der Waals surface area contributed by atoms with Gasteiger partial charge in [0.15, 0.2) is 5.69 Å². The number of rotatable bonds is 4. The summed E-state index contributed by atoms with van der Waals surface area (Å²) < 4.78 is 28.8. The van der Waals surface area contributed by atoms with E-state index in [1.165, 1.54) is 19.2 Å². The minimum absolute atomic E-state index is 0.121. The van der Waals surface area contributed by atoms with Crippen LogP contribution in [-0.4, -0.2) is 41.5 Å². The molecular weight excluding hydrogens is 428 g/mol. The Balaban J connectivity index is 1.57. The van der Waals surface area contributed by atoms with Crippen LogP contribution >= 0.6 is 0 Å². The molecule has 32 heavy (non-hydrogen) atoms. The predicted octanol–water partition coefficient (Wildman–Crippen LogP) is 2.85. The molecule has 2 heterocycles. The molecule has 2 unspecified atom stereocenters. The molecule has 0 bridgehead atoms. The Morgan fingerprint density at radius 3 is 2.22 bits per heavy atom. The third-order valence-electron chi connectivity index (χ3n) is 5.76. The third-order valence-corrected chi connectivity index (χ3v) is 7.60. The van der Waals surface area contributed by atoms with Gasteiger partial charge in [0.2, 0.25) is 10.0 Å². The summed E-state index contributed by atoms with van der Waals surface area (Å²) >= 11 is 0. The van der Waals surface area contributed by atoms with Gasteiger partial charge in [-0.2, -0.15) is 9.40 Å². The second kappa shape index (κ2) is 8.48. The van der Waals surface area contributed by atoms with E-state index in [1.807, 2.05) is 0 Å². The van der Waals surface area contributed by atoms with Crippen molar-refractivity contribution in [2.24, 2.45) is 18.9 Å². The third kappa shape index (κ3) is 4.18. The topological polar surface area (TPSA) is 101 Å². The van der Waals surface area contributed by atoms with Crippen LogP contribution in [0.1, 0.15) is 30.8 Å². The molecule has 2 atom stereocenters. The van der Waals surface area contributed by atoms with E-state index in [0.29, 0.717) is 41.4 Å². The predicted molar refractivity (Wildman–Crippen MR) is 123 cm³/mol. The molecule has 8 nitrogen and oxygen atoms in total. The molecule has 168 valence electrons. The molecule has 0 saturated carbocycles. The fraction of sp³-hybridized carbons (Fsp3) is 0.348. The molecule has 1 N–H and O–H groups in total. The van der Waals surface area contributed by atoms with Crippen LogP contribution in [0.25, 0.3) is 10.8 Å². The molecule has 0 aliphatic carbocycles. The highest BCUT2D eigenvalue weighted by atomic mass is 32.2. The van der Waals surface area contributed by atoms with E-state index in [0.717, 1.165) is 11.1 Å². The zero-order chi connectivity index (χ0) is 23.0. The molecule has 0 spiro atoms. The minimum Gasteiger partial charge on any atom is -0.321 e. The number of fused-ring (bicyclic) bond motifs is 1. The first-order valence-corrected chi connectivity index (χ1v) is 12.0. The van der Waals surface area contributed by atoms with Crippen molar-refractivity contribution in [3.8, 4) is 0 Å². The van der Waals surface area contributed by atoms with E-state index >= 15 is 0 Å². The van der Waals surface area contributed by atoms with Crippen LogP contribution in [0.2, 0.25) is 0 Å². The minimum atomic E-state index is -3.59. The number of aryl methyl sites for hydroxylation is 1. The maximum absolute atomic E-state index is 13.0. The summed E-state index contributed by atoms with van der Waals surface area (Å²) in [5.74, 6) is 0.151. The Bertz CT molecular complexity index is 1320. The average Bonchev–Trinajstić information content (AvgIpc) is 2.76. The van der Waals surface area contributed by atoms with Gasteiger partial charge in [-0.3, -0.25) is 9.59 Å². The van der Waals surface area contributed by atoms with E-state index in [4.69, 9.17) is 0 Å². The number of sulfonamides is 1. The van der Waals surface area contributed by atoms with Gasteiger partial charge in [0.25, 0.3) is 11.5 Å². The molecule has 4 rings (SSSR count). The van der Waals surface area contributed by atoms with Gasteiger partial charge in [-0.25, -0.2) is 13.1 Å². The summed E-state index contributed by atoms with van der Waals surface area (Å²) in [6.45, 7) is 5.15. The zero-order valence-electron chi connectivity index (χ0n) is 18.3. The number of carbonyl (C=O) groups is 1. The number of nitrogens with one attached hydrogen (secondary N) is 1. The fourth-order valence-electron chi connectivity index (χ4n) is 4.32. The first-order chi connectivity index (χ1) is 15.2. The van der Waals surface area contributed by atoms with Gasteiger partial charge in [-0.1, -0.05) is 32.0 Å². The van der Waals surface area contributed by atoms with Crippen molar-refractivity contribution in [1.29, 1.82) is 0 Å². The van der Waals surface area contributed by atoms with Crippen LogP contribution in [0.15, 0.2) is 58.2 Å². The molecule has 1 aromatic heterocycles. The smallest absolute Gasteiger partial charge is 0.276 e. The van der Waals surface area contributed by atoms with Crippen molar-refractivity contribution in [2.45, 2.75) is 25.2 Å². The van der Waals surface area contributed by atoms with Gasteiger partial charge in [0.1, 0.15) is 0 Å². The van der Waals surface area contributed by atoms with Crippen LogP contribution in [0.4, 0.5) is 5.69 Å². The molecule has 1 aliphatic rings. The molecule has 0 radical (unpaired) electrons. The summed E-state index contributed by atoms with van der Waals surface area (Å²) in [5.41, 5.74) is 0.276. The number of hydrogen-bond acceptors (Lipinski definition) is 5. The van der Waals surface area contributed by atoms with Crippen molar-refractivity contribution in [1.82, 2.24) is 14.1 Å². The van der Waals surface area contributed by atoms with Gasteiger partial charge in [0, 0.05) is 31.2 Å². The van der Waals surface area contributed by atoms with Gasteiger partial charge in [-0.15, -0.1) is 0 Å². The van der Waals surface area contributed by atoms with E-state index in [9.17, 15) is 18.0 Å². The molecule has 1 amide bonds. The second-order valence-electron chi connectivity index (χ2n) is 8.57. The molecule has 1 aliphatic heterocycles. The number of piperidine rings is 1. The summed E-state index contributed by atoms with van der Waals surface area (Å²) in [7, 11) is -2.10. The summed E-state index contributed by atoms with van der Waals surface area (Å²) in [5, 5.41) is 7.73. The van der Waals surface area contributed by atoms with Crippen molar-refractivity contribution >= 4 is 32.4 Å². The lowest BCUT2D eigenvalue weighted by atomic mass is 9.94. The fourth-order valence-corrected chi connectivity index (χ4v) is 6.00. The number of nitrogens with zero attached hydrogens (tertiary/aromatic N) is 3. The highest BCUT2D eigenvalue weighted by Gasteiger charge is 2.31. The maximum Gasteiger partial charge on any atom is 0.276 e. The van der Waals surface area contributed by atoms with E-state index < -0.39 is 15.9 Å². The van der Waals surface area contributed by atoms with Crippen molar-refractivity contribution in [2.75, 3.05) is 18.4 Å². The zero-order valence-corrected chi connectivity index (χ0v) is 19.1. The molecule has 9 heteroatoms. The van der Waals surface area contributed by atoms with Crippen LogP contribution < -0.4 is 10.9 Å². The normalized spacial score (nSPS) is 19.7. The number of carbonyl (C=O) groups excluding carboxylic acids is 1. The van der Waals surface area contributed by atoms with Gasteiger partial charge in [0.05, 0.1) is 10.3 Å². The monoisotopic (exact) mass is 454 g/mol. The van der Waals surface area contributed by atoms with E-state index in [2.05, 4.69) is 24.3 Å². The SMILES string of the molecule is CC1CC(C)CN(S(=O)(=O)c2ccc(NC(=O)c3nn(C)c(=O)c4ccccc34)cc2)C1. The average molecular weight is 455 g/mol. The first-order valence-electron chi connectivity index (χ1n) is 10.5. The lowest BCUT2D eigenvalue weighted by molar-refractivity contribution is 0.102. The molecule has 1 saturated heterocycles. The number of anilines is 1. The Morgan fingerprint density at radius 1 is 1.00 bits per heavy atom. The highest BCUT2D eigenvalue weighted by Crippen LogP contribution is 2.27. The lowest BCUT2D eigenvalue weighted by Gasteiger charge is -2.34. The van der Waals surface area contributed by atoms with Crippen LogP contribution in [0.3, 0.4) is 0 Å². The van der Waals surface area contributed by atoms with Crippen molar-refractivity contribution in [3.63, 3.8) is 0 Å². The van der Waals surface area contributed by atoms with E-state index in [-0.39, 0.29) is 16.1 Å². The molecule has 2 aromatic carbocycles. The number of benzene rings is 2. The molecule has 1 fully saturated rings. The van der Waals surface area contributed by atoms with Crippen molar-refractivity contribution < 1.29 is 13.2 Å². The summed E-state index contributed by atoms with van der Waals surface area (Å²) in [4.78, 5) is 25.3. The van der Waals surface area contributed by atoms with Gasteiger partial charge in [-0.05, 0) is 48.6 Å². The van der Waals surface area contributed by atoms with Crippen LogP contribution in [-0.2, 0) is 17.1 Å². The standard InChI is InChI=1S/C23H26N4O4S/c1-15-12-16(2)14-27(13-15)32(30,31)18-10-8-17(9-11-18)24-22(28)21-19-6-4-5-7-20(19)23(29)26(3)25-21/h4-11,15-16H,12-14H2,1-3H3,(H,24,28). The Kier molecular flexibility index (Phi) is 5.87. The molecular formula is C23H26N4O4S. The van der Waals surface area contributed by atoms with Crippen LogP contribution in [0, 0.1) is 11.8 Å². The Morgan fingerprint density at radius 2 is 1.59 bits per heavy atom. The number of hydrogen-bond donors (Lipinski definition) is 1. The lowest BCUT2D eigenvalue weighted by Crippen LogP contribution is -2.42. The number of aromatic nitrogens is 2. The Hall–Kier alpha value is -3.04. The summed E-state index contributed by atoms with van der Waals surface area (Å²) in [6.07, 6.45) is 1.02. The molecule has 3 aromatic rings. The highest BCUT2D eigenvalue weighted by molar-refractivity contribution is 7.89. The quantitative estimate of drug-likeness (QED) is 0.653. The first kappa shape index (κ1) is 22.2. The second-order valence-corrected chi connectivity index (χ2v) is 10.5. The number of amides is 1. The van der Waals surface area contributed by atoms with Gasteiger partial charge >= 0.3 is 0 Å². The van der Waals surface area contributed by atoms with Crippen LogP contribution in [0.5, 0.6) is 0 Å². The Labute approximate surface area is 186 Å². The van der Waals surface area contributed by atoms with Crippen molar-refractivity contribution in [3.05, 3.63) is 64.6 Å². The summed E-state index contributed by atoms with van der Waals surface area (Å²) in [6, 6.07) is 12.9. The van der Waals surface area contributed by atoms with E-state index in [1.54, 1.807) is 40.7 Å². The van der Waals surface area contributed by atoms with Gasteiger partial charge < -0.3 is 5.32 Å². The maximum atomic E-state index is 13.0. The largest absolute Gasteiger partial charge is 0.321 e.